The highest BCUT2D eigenvalue weighted by molar-refractivity contribution is 7.16. The molecule has 25 heavy (non-hydrogen) atoms. The van der Waals surface area contributed by atoms with Crippen molar-refractivity contribution in [1.82, 2.24) is 25.4 Å². The number of aliphatic imine (C=N–C) groups is 1. The maximum absolute atomic E-state index is 10.2. The van der Waals surface area contributed by atoms with Gasteiger partial charge in [-0.3, -0.25) is 0 Å². The number of rotatable bonds is 8. The number of nitrogens with one attached hydrogen (secondary N) is 2. The first-order chi connectivity index (χ1) is 12.0. The summed E-state index contributed by atoms with van der Waals surface area (Å²) in [6.45, 7) is 3.72. The average molecular weight is 387 g/mol. The van der Waals surface area contributed by atoms with E-state index in [1.807, 2.05) is 24.6 Å². The van der Waals surface area contributed by atoms with Gasteiger partial charge in [-0.15, -0.1) is 21.5 Å². The number of hydrogen-bond donors (Lipinski definition) is 3. The van der Waals surface area contributed by atoms with Crippen molar-refractivity contribution in [1.29, 1.82) is 0 Å². The standard InChI is InChI=1S/C15H23ClN6O2S/c1-10-20-21-14(22(10)2)9-19-15(17-6-7-24-3)18-8-11(23)12-4-5-13(16)25-12/h4-5,11,23H,6-9H2,1-3H3,(H2,17,18,19). The van der Waals surface area contributed by atoms with Gasteiger partial charge in [0, 0.05) is 32.1 Å². The van der Waals surface area contributed by atoms with E-state index in [2.05, 4.69) is 25.8 Å². The Labute approximate surface area is 155 Å². The number of ether oxygens (including phenoxy) is 1. The number of hydrogen-bond acceptors (Lipinski definition) is 6. The van der Waals surface area contributed by atoms with Gasteiger partial charge < -0.3 is 25.0 Å². The Balaban J connectivity index is 1.96. The lowest BCUT2D eigenvalue weighted by Crippen LogP contribution is -2.40. The zero-order chi connectivity index (χ0) is 18.2. The smallest absolute Gasteiger partial charge is 0.191 e. The summed E-state index contributed by atoms with van der Waals surface area (Å²) in [6.07, 6.45) is -0.663. The van der Waals surface area contributed by atoms with E-state index in [1.165, 1.54) is 11.3 Å². The van der Waals surface area contributed by atoms with Crippen LogP contribution in [0.25, 0.3) is 0 Å². The third-order valence-corrected chi connectivity index (χ3v) is 4.88. The van der Waals surface area contributed by atoms with Gasteiger partial charge >= 0.3 is 0 Å². The minimum Gasteiger partial charge on any atom is -0.386 e. The second-order valence-electron chi connectivity index (χ2n) is 5.35. The minimum absolute atomic E-state index is 0.313. The van der Waals surface area contributed by atoms with E-state index < -0.39 is 6.10 Å². The number of aliphatic hydroxyl groups is 1. The van der Waals surface area contributed by atoms with Gasteiger partial charge in [-0.05, 0) is 19.1 Å². The van der Waals surface area contributed by atoms with Gasteiger partial charge in [0.15, 0.2) is 11.8 Å². The second-order valence-corrected chi connectivity index (χ2v) is 7.09. The highest BCUT2D eigenvalue weighted by Gasteiger charge is 2.11. The van der Waals surface area contributed by atoms with Gasteiger partial charge in [0.1, 0.15) is 18.5 Å². The summed E-state index contributed by atoms with van der Waals surface area (Å²) in [4.78, 5) is 5.30. The molecule has 8 nitrogen and oxygen atoms in total. The van der Waals surface area contributed by atoms with E-state index >= 15 is 0 Å². The van der Waals surface area contributed by atoms with Crippen LogP contribution in [0.15, 0.2) is 17.1 Å². The zero-order valence-electron chi connectivity index (χ0n) is 14.5. The molecule has 0 saturated heterocycles. The Morgan fingerprint density at radius 2 is 2.24 bits per heavy atom. The van der Waals surface area contributed by atoms with Crippen LogP contribution in [0.5, 0.6) is 0 Å². The van der Waals surface area contributed by atoms with Crippen molar-refractivity contribution in [3.63, 3.8) is 0 Å². The van der Waals surface area contributed by atoms with Gasteiger partial charge in [0.25, 0.3) is 0 Å². The fourth-order valence-electron chi connectivity index (χ4n) is 1.99. The molecule has 1 unspecified atom stereocenters. The van der Waals surface area contributed by atoms with Gasteiger partial charge in [-0.1, -0.05) is 11.6 Å². The highest BCUT2D eigenvalue weighted by Crippen LogP contribution is 2.26. The minimum atomic E-state index is -0.663. The van der Waals surface area contributed by atoms with Crippen LogP contribution >= 0.6 is 22.9 Å². The zero-order valence-corrected chi connectivity index (χ0v) is 16.1. The summed E-state index contributed by atoms with van der Waals surface area (Å²) < 4.78 is 7.58. The van der Waals surface area contributed by atoms with Crippen LogP contribution in [0.1, 0.15) is 22.6 Å². The first kappa shape index (κ1) is 19.6. The fraction of sp³-hybridized carbons (Fsp3) is 0.533. The van der Waals surface area contributed by atoms with E-state index in [9.17, 15) is 5.11 Å². The van der Waals surface area contributed by atoms with Crippen LogP contribution in [-0.4, -0.2) is 52.6 Å². The first-order valence-corrected chi connectivity index (χ1v) is 9.00. The molecule has 0 saturated carbocycles. The molecule has 0 fully saturated rings. The molecule has 0 aliphatic carbocycles. The normalized spacial score (nSPS) is 13.1. The summed E-state index contributed by atoms with van der Waals surface area (Å²) >= 11 is 7.27. The Morgan fingerprint density at radius 3 is 2.84 bits per heavy atom. The quantitative estimate of drug-likeness (QED) is 0.359. The number of aliphatic hydroxyl groups excluding tert-OH is 1. The SMILES string of the molecule is COCCNC(=NCc1nnc(C)n1C)NCC(O)c1ccc(Cl)s1. The van der Waals surface area contributed by atoms with Crippen LogP contribution in [0.2, 0.25) is 4.34 Å². The molecule has 0 radical (unpaired) electrons. The van der Waals surface area contributed by atoms with Gasteiger partial charge in [-0.2, -0.15) is 0 Å². The molecule has 2 aromatic rings. The number of nitrogens with zero attached hydrogens (tertiary/aromatic N) is 4. The largest absolute Gasteiger partial charge is 0.386 e. The Kier molecular flexibility index (Phi) is 7.63. The summed E-state index contributed by atoms with van der Waals surface area (Å²) in [7, 11) is 3.54. The van der Waals surface area contributed by atoms with Gasteiger partial charge in [0.2, 0.25) is 0 Å². The van der Waals surface area contributed by atoms with Crippen LogP contribution < -0.4 is 10.6 Å². The van der Waals surface area contributed by atoms with Crippen molar-refractivity contribution in [2.75, 3.05) is 26.8 Å². The fourth-order valence-corrected chi connectivity index (χ4v) is 3.03. The maximum atomic E-state index is 10.2. The van der Waals surface area contributed by atoms with Crippen molar-refractivity contribution in [2.24, 2.45) is 12.0 Å². The number of guanidine groups is 1. The molecule has 2 heterocycles. The molecule has 0 bridgehead atoms. The topological polar surface area (TPSA) is 96.6 Å². The van der Waals surface area contributed by atoms with Gasteiger partial charge in [-0.25, -0.2) is 4.99 Å². The summed E-state index contributed by atoms with van der Waals surface area (Å²) in [5.41, 5.74) is 0. The third kappa shape index (κ3) is 5.96. The molecule has 138 valence electrons. The van der Waals surface area contributed by atoms with Crippen molar-refractivity contribution >= 4 is 28.9 Å². The van der Waals surface area contributed by atoms with Crippen LogP contribution in [0.4, 0.5) is 0 Å². The maximum Gasteiger partial charge on any atom is 0.191 e. The summed E-state index contributed by atoms with van der Waals surface area (Å²) in [6, 6.07) is 3.59. The van der Waals surface area contributed by atoms with Crippen LogP contribution in [0, 0.1) is 6.92 Å². The van der Waals surface area contributed by atoms with E-state index in [0.717, 1.165) is 16.5 Å². The van der Waals surface area contributed by atoms with Gasteiger partial charge in [0.05, 0.1) is 10.9 Å². The molecular formula is C15H23ClN6O2S. The molecular weight excluding hydrogens is 364 g/mol. The average Bonchev–Trinajstić information content (AvgIpc) is 3.16. The summed E-state index contributed by atoms with van der Waals surface area (Å²) in [5, 5.41) is 24.6. The summed E-state index contributed by atoms with van der Waals surface area (Å²) in [5.74, 6) is 2.16. The molecule has 0 aliphatic rings. The van der Waals surface area contributed by atoms with Crippen molar-refractivity contribution < 1.29 is 9.84 Å². The van der Waals surface area contributed by atoms with Crippen molar-refractivity contribution in [3.8, 4) is 0 Å². The predicted octanol–water partition coefficient (Wildman–Crippen LogP) is 1.25. The van der Waals surface area contributed by atoms with E-state index in [-0.39, 0.29) is 0 Å². The van der Waals surface area contributed by atoms with Crippen LogP contribution in [-0.2, 0) is 18.3 Å². The lowest BCUT2D eigenvalue weighted by Gasteiger charge is -2.15. The lowest BCUT2D eigenvalue weighted by atomic mass is 10.3. The lowest BCUT2D eigenvalue weighted by molar-refractivity contribution is 0.184. The highest BCUT2D eigenvalue weighted by atomic mass is 35.5. The number of thiophene rings is 1. The molecule has 0 aromatic carbocycles. The number of aromatic nitrogens is 3. The van der Waals surface area contributed by atoms with Crippen molar-refractivity contribution in [2.45, 2.75) is 19.6 Å². The molecule has 3 N–H and O–H groups in total. The van der Waals surface area contributed by atoms with Crippen molar-refractivity contribution in [3.05, 3.63) is 33.0 Å². The molecule has 0 spiro atoms. The van der Waals surface area contributed by atoms with E-state index in [4.69, 9.17) is 16.3 Å². The number of methoxy groups -OCH3 is 1. The Hall–Kier alpha value is -1.68. The molecule has 10 heteroatoms. The number of aryl methyl sites for hydroxylation is 1. The molecule has 0 aliphatic heterocycles. The molecule has 1 atom stereocenters. The van der Waals surface area contributed by atoms with E-state index in [1.54, 1.807) is 13.2 Å². The Morgan fingerprint density at radius 1 is 1.44 bits per heavy atom. The van der Waals surface area contributed by atoms with Crippen LogP contribution in [0.3, 0.4) is 0 Å². The first-order valence-electron chi connectivity index (χ1n) is 7.80. The molecule has 2 rings (SSSR count). The predicted molar refractivity (Wildman–Crippen MR) is 99.0 cm³/mol. The molecule has 0 amide bonds. The molecule has 2 aromatic heterocycles. The van der Waals surface area contributed by atoms with E-state index in [0.29, 0.717) is 36.5 Å². The second kappa shape index (κ2) is 9.71. The third-order valence-electron chi connectivity index (χ3n) is 3.55. The Bertz CT molecular complexity index is 702. The monoisotopic (exact) mass is 386 g/mol. The number of halogens is 1.